The second-order valence-electron chi connectivity index (χ2n) is 20.4. The van der Waals surface area contributed by atoms with Gasteiger partial charge in [-0.1, -0.05) is 146 Å². The van der Waals surface area contributed by atoms with Gasteiger partial charge in [-0.15, -0.1) is 0 Å². The van der Waals surface area contributed by atoms with Crippen LogP contribution >= 0.6 is 0 Å². The van der Waals surface area contributed by atoms with Gasteiger partial charge in [0.2, 0.25) is 0 Å². The Morgan fingerprint density at radius 3 is 1.22 bits per heavy atom. The first-order chi connectivity index (χ1) is 43.7. The number of imidazole rings is 2. The van der Waals surface area contributed by atoms with Crippen molar-refractivity contribution in [2.75, 3.05) is 0 Å². The van der Waals surface area contributed by atoms with Crippen molar-refractivity contribution in [2.24, 2.45) is 7.05 Å². The highest BCUT2D eigenvalue weighted by molar-refractivity contribution is 5.81. The number of fused-ring (bicyclic) bond motifs is 2. The molecule has 432 valence electrons. The molecule has 14 nitrogen and oxygen atoms in total. The third kappa shape index (κ3) is 15.1. The summed E-state index contributed by atoms with van der Waals surface area (Å²) in [7, 11) is 2.05. The molecule has 0 fully saturated rings. The number of hydrogen-bond donors (Lipinski definition) is 0. The number of rotatable bonds is 8. The lowest BCUT2D eigenvalue weighted by molar-refractivity contribution is 0.959. The van der Waals surface area contributed by atoms with E-state index in [2.05, 4.69) is 125 Å². The van der Waals surface area contributed by atoms with Crippen molar-refractivity contribution >= 4 is 22.1 Å². The molecule has 9 aromatic heterocycles. The predicted octanol–water partition coefficient (Wildman–Crippen LogP) is 16.5. The lowest BCUT2D eigenvalue weighted by Gasteiger charge is -2.06. The third-order valence-electron chi connectivity index (χ3n) is 14.0. The number of pyridine rings is 4. The molecule has 0 aliphatic heterocycles. The van der Waals surface area contributed by atoms with E-state index in [0.29, 0.717) is 5.82 Å². The zero-order valence-electron chi connectivity index (χ0n) is 49.9. The monoisotopic (exact) mass is 1160 g/mol. The molecule has 0 unspecified atom stereocenters. The lowest BCUT2D eigenvalue weighted by atomic mass is 10.1. The van der Waals surface area contributed by atoms with Gasteiger partial charge in [0.15, 0.2) is 5.82 Å². The first-order valence-corrected chi connectivity index (χ1v) is 29.0. The molecule has 0 N–H and O–H groups in total. The van der Waals surface area contributed by atoms with Crippen LogP contribution in [-0.2, 0) is 7.05 Å². The molecule has 15 aromatic rings. The van der Waals surface area contributed by atoms with Crippen LogP contribution in [0.2, 0.25) is 0 Å². The Labute approximate surface area is 517 Å². The van der Waals surface area contributed by atoms with E-state index in [1.165, 1.54) is 5.52 Å². The SMILES string of the molecule is Cc1cc(-c2ccccc2)nc(-c2ccccc2)n1.Cc1nc(-c2ccccn2)cc(-c2ccccn2)n1.Cc1nc(-c2ccncc2)cc(-c2ccncc2)n1.Cc1nc2ccccc2n1-c1ccccc1.Cn1c(-c2ccccc2)nc2ccccc21. The van der Waals surface area contributed by atoms with Crippen molar-refractivity contribution < 1.29 is 0 Å². The van der Waals surface area contributed by atoms with Gasteiger partial charge >= 0.3 is 0 Å². The summed E-state index contributed by atoms with van der Waals surface area (Å²) in [6, 6.07) is 82.4. The fourth-order valence-electron chi connectivity index (χ4n) is 9.85. The fraction of sp³-hybridized carbons (Fsp3) is 0.0667. The van der Waals surface area contributed by atoms with E-state index in [1.54, 1.807) is 37.2 Å². The second kappa shape index (κ2) is 28.8. The first kappa shape index (κ1) is 58.9. The van der Waals surface area contributed by atoms with Crippen LogP contribution in [0, 0.1) is 27.7 Å². The number of para-hydroxylation sites is 5. The second-order valence-corrected chi connectivity index (χ2v) is 20.4. The van der Waals surface area contributed by atoms with Crippen molar-refractivity contribution in [3.63, 3.8) is 0 Å². The van der Waals surface area contributed by atoms with E-state index >= 15 is 0 Å². The molecule has 0 aliphatic rings. The Hall–Kier alpha value is -11.9. The van der Waals surface area contributed by atoms with E-state index in [9.17, 15) is 0 Å². The van der Waals surface area contributed by atoms with Crippen molar-refractivity contribution in [2.45, 2.75) is 27.7 Å². The summed E-state index contributed by atoms with van der Waals surface area (Å²) in [6.45, 7) is 7.81. The smallest absolute Gasteiger partial charge is 0.160 e. The molecule has 0 radical (unpaired) electrons. The Balaban J connectivity index is 0.000000115. The van der Waals surface area contributed by atoms with Gasteiger partial charge in [0.25, 0.3) is 0 Å². The van der Waals surface area contributed by atoms with Crippen LogP contribution < -0.4 is 0 Å². The maximum absolute atomic E-state index is 4.66. The van der Waals surface area contributed by atoms with Crippen molar-refractivity contribution in [1.29, 1.82) is 0 Å². The average molecular weight is 1160 g/mol. The molecule has 0 bridgehead atoms. The molecular weight excluding hydrogens is 1100 g/mol. The minimum atomic E-state index is 0.712. The molecular formula is C75H62N14. The highest BCUT2D eigenvalue weighted by Crippen LogP contribution is 2.27. The van der Waals surface area contributed by atoms with Crippen LogP contribution in [-0.4, -0.2) is 68.9 Å². The van der Waals surface area contributed by atoms with Crippen LogP contribution in [0.15, 0.2) is 286 Å². The highest BCUT2D eigenvalue weighted by atomic mass is 15.1. The van der Waals surface area contributed by atoms with Gasteiger partial charge in [0, 0.05) is 83.4 Å². The third-order valence-corrected chi connectivity index (χ3v) is 14.0. The Morgan fingerprint density at radius 1 is 0.292 bits per heavy atom. The molecule has 0 aliphatic carbocycles. The number of nitrogens with zero attached hydrogens (tertiary/aromatic N) is 14. The zero-order chi connectivity index (χ0) is 61.2. The summed E-state index contributed by atoms with van der Waals surface area (Å²) in [4.78, 5) is 52.9. The van der Waals surface area contributed by atoms with Crippen LogP contribution in [0.1, 0.15) is 23.2 Å². The van der Waals surface area contributed by atoms with E-state index in [0.717, 1.165) is 119 Å². The molecule has 0 spiro atoms. The fourth-order valence-corrected chi connectivity index (χ4v) is 9.85. The number of aryl methyl sites for hydroxylation is 5. The molecule has 0 saturated carbocycles. The zero-order valence-corrected chi connectivity index (χ0v) is 49.9. The van der Waals surface area contributed by atoms with Crippen molar-refractivity contribution in [3.05, 3.63) is 309 Å². The van der Waals surface area contributed by atoms with Crippen LogP contribution in [0.3, 0.4) is 0 Å². The van der Waals surface area contributed by atoms with E-state index in [-0.39, 0.29) is 0 Å². The van der Waals surface area contributed by atoms with Crippen molar-refractivity contribution in [1.82, 2.24) is 68.9 Å². The van der Waals surface area contributed by atoms with E-state index in [1.807, 2.05) is 228 Å². The molecule has 9 heterocycles. The molecule has 0 amide bonds. The summed E-state index contributed by atoms with van der Waals surface area (Å²) in [6.07, 6.45) is 10.6. The quantitative estimate of drug-likeness (QED) is 0.142. The Morgan fingerprint density at radius 2 is 0.708 bits per heavy atom. The Kier molecular flexibility index (Phi) is 19.0. The standard InChI is InChI=1S/C17H14N2.2C15H12N4.2C14H12N2/c1-13-12-16(14-8-4-2-5-9-14)19-17(18-13)15-10-6-3-7-11-15;1-11-18-14(12-2-6-16-7-3-12)10-15(19-11)13-4-8-17-9-5-13;1-11-18-14(12-6-2-4-8-16-12)10-15(19-11)13-7-3-5-9-17-13;1-16-13-10-6-5-9-12(13)15-14(16)11-7-3-2-4-8-11;1-11-15-13-9-5-6-10-14(13)16(11)12-7-3-2-4-8-12/h2-12H,1H3;2*2-10H,1H3;2*2-10H,1H3. The number of benzene rings is 6. The van der Waals surface area contributed by atoms with Gasteiger partial charge in [-0.05, 0) is 131 Å². The van der Waals surface area contributed by atoms with Crippen LogP contribution in [0.25, 0.3) is 107 Å². The lowest BCUT2D eigenvalue weighted by Crippen LogP contribution is -1.96. The highest BCUT2D eigenvalue weighted by Gasteiger charge is 2.12. The number of hydrogen-bond acceptors (Lipinski definition) is 12. The topological polar surface area (TPSA) is 165 Å². The van der Waals surface area contributed by atoms with Gasteiger partial charge < -0.3 is 4.57 Å². The van der Waals surface area contributed by atoms with Gasteiger partial charge in [-0.2, -0.15) is 0 Å². The number of aromatic nitrogens is 14. The maximum Gasteiger partial charge on any atom is 0.160 e. The Bertz CT molecular complexity index is 4210. The van der Waals surface area contributed by atoms with Gasteiger partial charge in [-0.25, -0.2) is 39.9 Å². The summed E-state index contributed by atoms with van der Waals surface area (Å²) >= 11 is 0. The molecule has 0 saturated heterocycles. The average Bonchev–Trinajstić information content (AvgIpc) is 2.62. The van der Waals surface area contributed by atoms with E-state index in [4.69, 9.17) is 0 Å². The first-order valence-electron chi connectivity index (χ1n) is 29.0. The van der Waals surface area contributed by atoms with Gasteiger partial charge in [-0.3, -0.25) is 24.5 Å². The molecule has 15 rings (SSSR count). The maximum atomic E-state index is 4.66. The molecule has 6 aromatic carbocycles. The molecule has 14 heteroatoms. The summed E-state index contributed by atoms with van der Waals surface area (Å²) in [5.74, 6) is 4.28. The molecule has 89 heavy (non-hydrogen) atoms. The summed E-state index contributed by atoms with van der Waals surface area (Å²) < 4.78 is 4.31. The van der Waals surface area contributed by atoms with Crippen LogP contribution in [0.5, 0.6) is 0 Å². The van der Waals surface area contributed by atoms with Crippen molar-refractivity contribution in [3.8, 4) is 85.0 Å². The summed E-state index contributed by atoms with van der Waals surface area (Å²) in [5, 5.41) is 0. The van der Waals surface area contributed by atoms with Gasteiger partial charge in [0.05, 0.1) is 61.9 Å². The normalized spacial score (nSPS) is 10.5. The molecule has 0 atom stereocenters. The minimum Gasteiger partial charge on any atom is -0.327 e. The minimum absolute atomic E-state index is 0.712. The van der Waals surface area contributed by atoms with Gasteiger partial charge in [0.1, 0.15) is 23.3 Å². The predicted molar refractivity (Wildman–Crippen MR) is 356 cm³/mol. The summed E-state index contributed by atoms with van der Waals surface area (Å²) in [5.41, 5.74) is 18.0. The largest absolute Gasteiger partial charge is 0.327 e. The van der Waals surface area contributed by atoms with E-state index < -0.39 is 0 Å². The van der Waals surface area contributed by atoms with Crippen LogP contribution in [0.4, 0.5) is 0 Å².